The van der Waals surface area contributed by atoms with Gasteiger partial charge in [0, 0.05) is 49.3 Å². The molecule has 2 unspecified atom stereocenters. The highest BCUT2D eigenvalue weighted by atomic mass is 16.5. The van der Waals surface area contributed by atoms with Crippen LogP contribution in [0.2, 0.25) is 0 Å². The number of methoxy groups -OCH3 is 1. The third-order valence-electron chi connectivity index (χ3n) is 8.53. The van der Waals surface area contributed by atoms with Crippen molar-refractivity contribution in [2.75, 3.05) is 55.6 Å². The Balaban J connectivity index is 1.02. The lowest BCUT2D eigenvalue weighted by atomic mass is 10.1. The lowest BCUT2D eigenvalue weighted by Crippen LogP contribution is -2.35. The van der Waals surface area contributed by atoms with Gasteiger partial charge in [-0.05, 0) is 49.8 Å². The van der Waals surface area contributed by atoms with Crippen LogP contribution in [0.5, 0.6) is 0 Å². The number of aromatic nitrogens is 6. The average molecular weight is 641 g/mol. The number of hydrogen-bond acceptors (Lipinski definition) is 11. The van der Waals surface area contributed by atoms with E-state index >= 15 is 0 Å². The maximum absolute atomic E-state index is 13.4. The minimum atomic E-state index is -0.387. The quantitative estimate of drug-likeness (QED) is 0.154. The minimum absolute atomic E-state index is 0.00634. The number of amides is 4. The van der Waals surface area contributed by atoms with Gasteiger partial charge in [-0.15, -0.1) is 0 Å². The van der Waals surface area contributed by atoms with E-state index in [9.17, 15) is 14.4 Å². The Bertz CT molecular complexity index is 1830. The number of fused-ring (bicyclic) bond motifs is 1. The first-order chi connectivity index (χ1) is 22.9. The second kappa shape index (κ2) is 13.0. The van der Waals surface area contributed by atoms with E-state index in [2.05, 4.69) is 30.6 Å². The molecule has 2 N–H and O–H groups in total. The van der Waals surface area contributed by atoms with Crippen LogP contribution in [0.15, 0.2) is 43.1 Å². The maximum Gasteiger partial charge on any atom is 0.331 e. The zero-order chi connectivity index (χ0) is 32.5. The molecule has 1 saturated heterocycles. The van der Waals surface area contributed by atoms with E-state index < -0.39 is 0 Å². The molecule has 15 nitrogen and oxygen atoms in total. The number of hydrogen-bond donors (Lipinski definition) is 2. The molecule has 2 aliphatic carbocycles. The fourth-order valence-corrected chi connectivity index (χ4v) is 5.77. The van der Waals surface area contributed by atoms with E-state index in [4.69, 9.17) is 14.5 Å². The summed E-state index contributed by atoms with van der Waals surface area (Å²) in [5, 5.41) is 6.14. The van der Waals surface area contributed by atoms with E-state index in [0.29, 0.717) is 66.6 Å². The van der Waals surface area contributed by atoms with Crippen molar-refractivity contribution in [1.29, 1.82) is 0 Å². The first kappa shape index (κ1) is 30.6. The minimum Gasteiger partial charge on any atom is -0.382 e. The number of nitrogens with one attached hydrogen (secondary N) is 2. The highest BCUT2D eigenvalue weighted by Crippen LogP contribution is 2.46. The first-order valence-electron chi connectivity index (χ1n) is 15.7. The molecule has 4 aromatic heterocycles. The van der Waals surface area contributed by atoms with Crippen molar-refractivity contribution in [3.63, 3.8) is 0 Å². The van der Waals surface area contributed by atoms with Crippen LogP contribution in [0.3, 0.4) is 0 Å². The summed E-state index contributed by atoms with van der Waals surface area (Å²) in [6.07, 6.45) is 9.92. The van der Waals surface area contributed by atoms with Gasteiger partial charge in [-0.25, -0.2) is 29.7 Å². The highest BCUT2D eigenvalue weighted by molar-refractivity contribution is 6.13. The lowest BCUT2D eigenvalue weighted by Gasteiger charge is -2.18. The van der Waals surface area contributed by atoms with Gasteiger partial charge in [-0.2, -0.15) is 0 Å². The molecule has 47 heavy (non-hydrogen) atoms. The van der Waals surface area contributed by atoms with Gasteiger partial charge < -0.3 is 24.5 Å². The first-order valence-corrected chi connectivity index (χ1v) is 15.7. The summed E-state index contributed by atoms with van der Waals surface area (Å²) in [6, 6.07) is 5.10. The molecule has 0 bridgehead atoms. The van der Waals surface area contributed by atoms with Crippen molar-refractivity contribution in [2.24, 2.45) is 5.92 Å². The SMILES string of the molecule is COCCOCCN1C(=O)CN(c2cc(C3CC3)cn3cc(CNc4cc(NC(=O)C5CC5c5nccc(C)n5)ncn4)nc23)C1=O. The van der Waals surface area contributed by atoms with Crippen LogP contribution >= 0.6 is 0 Å². The normalized spacial score (nSPS) is 19.1. The highest BCUT2D eigenvalue weighted by Gasteiger charge is 2.46. The van der Waals surface area contributed by atoms with Crippen molar-refractivity contribution in [3.05, 3.63) is 65.9 Å². The number of imide groups is 1. The van der Waals surface area contributed by atoms with E-state index in [1.165, 1.54) is 16.1 Å². The molecule has 244 valence electrons. The molecule has 5 heterocycles. The number of pyridine rings is 1. The van der Waals surface area contributed by atoms with Gasteiger partial charge >= 0.3 is 6.03 Å². The van der Waals surface area contributed by atoms with Crippen molar-refractivity contribution < 1.29 is 23.9 Å². The predicted molar refractivity (Wildman–Crippen MR) is 170 cm³/mol. The van der Waals surface area contributed by atoms with Gasteiger partial charge in [0.2, 0.25) is 5.91 Å². The number of urea groups is 1. The van der Waals surface area contributed by atoms with Gasteiger partial charge in [0.1, 0.15) is 30.3 Å². The molecule has 0 spiro atoms. The fraction of sp³-hybridized carbons (Fsp3) is 0.438. The number of aryl methyl sites for hydroxylation is 1. The summed E-state index contributed by atoms with van der Waals surface area (Å²) in [5.41, 5.74) is 3.87. The smallest absolute Gasteiger partial charge is 0.331 e. The number of carbonyl (C=O) groups excluding carboxylic acids is 3. The molecule has 0 radical (unpaired) electrons. The zero-order valence-electron chi connectivity index (χ0n) is 26.3. The summed E-state index contributed by atoms with van der Waals surface area (Å²) >= 11 is 0. The van der Waals surface area contributed by atoms with Crippen LogP contribution in [-0.4, -0.2) is 92.1 Å². The molecule has 15 heteroatoms. The molecule has 4 aromatic rings. The van der Waals surface area contributed by atoms with Gasteiger partial charge in [-0.3, -0.25) is 19.4 Å². The molecule has 2 atom stereocenters. The predicted octanol–water partition coefficient (Wildman–Crippen LogP) is 2.89. The zero-order valence-corrected chi connectivity index (χ0v) is 26.3. The molecule has 3 fully saturated rings. The number of nitrogens with zero attached hydrogens (tertiary/aromatic N) is 8. The third kappa shape index (κ3) is 6.76. The van der Waals surface area contributed by atoms with Crippen LogP contribution in [0.1, 0.15) is 53.9 Å². The number of carbonyl (C=O) groups is 3. The Morgan fingerprint density at radius 1 is 1.04 bits per heavy atom. The fourth-order valence-electron chi connectivity index (χ4n) is 5.77. The number of ether oxygens (including phenoxy) is 2. The topological polar surface area (TPSA) is 169 Å². The Morgan fingerprint density at radius 3 is 2.70 bits per heavy atom. The van der Waals surface area contributed by atoms with Gasteiger partial charge in [0.05, 0.1) is 44.3 Å². The van der Waals surface area contributed by atoms with Crippen molar-refractivity contribution in [3.8, 4) is 0 Å². The van der Waals surface area contributed by atoms with Crippen LogP contribution in [0, 0.1) is 12.8 Å². The average Bonchev–Trinajstić information content (AvgIpc) is 3.99. The number of anilines is 3. The second-order valence-electron chi connectivity index (χ2n) is 12.1. The molecular formula is C32H36N10O5. The van der Waals surface area contributed by atoms with Crippen LogP contribution in [0.4, 0.5) is 22.1 Å². The van der Waals surface area contributed by atoms with Crippen molar-refractivity contribution in [2.45, 2.75) is 44.6 Å². The van der Waals surface area contributed by atoms with Crippen LogP contribution in [-0.2, 0) is 25.6 Å². The summed E-state index contributed by atoms with van der Waals surface area (Å²) in [6.45, 7) is 3.42. The third-order valence-corrected chi connectivity index (χ3v) is 8.53. The molecule has 4 amide bonds. The second-order valence-corrected chi connectivity index (χ2v) is 12.1. The largest absolute Gasteiger partial charge is 0.382 e. The Hall–Kier alpha value is -5.02. The Morgan fingerprint density at radius 2 is 1.89 bits per heavy atom. The summed E-state index contributed by atoms with van der Waals surface area (Å²) in [5.74, 6) is 1.42. The van der Waals surface area contributed by atoms with E-state index in [1.807, 2.05) is 35.9 Å². The van der Waals surface area contributed by atoms with Crippen LogP contribution in [0.25, 0.3) is 5.65 Å². The molecule has 7 rings (SSSR count). The van der Waals surface area contributed by atoms with E-state index in [1.54, 1.807) is 19.4 Å². The van der Waals surface area contributed by atoms with Crippen molar-refractivity contribution in [1.82, 2.24) is 34.2 Å². The molecule has 3 aliphatic rings. The molecule has 2 saturated carbocycles. The standard InChI is InChI=1S/C32H36N10O5/c1-19-5-6-33-29(37-19)23-12-24(23)31(44)39-27-13-26(35-18-36-27)34-14-22-16-40-15-21(20-3-4-20)11-25(30(40)38-22)42-17-28(43)41(32(42)45)7-8-47-10-9-46-2/h5-6,11,13,15-16,18,20,23-24H,3-4,7-10,12,14,17H2,1-2H3,(H2,34,35,36,39,44). The molecule has 1 aliphatic heterocycles. The monoisotopic (exact) mass is 640 g/mol. The number of imidazole rings is 1. The van der Waals surface area contributed by atoms with Gasteiger partial charge in [0.25, 0.3) is 5.91 Å². The lowest BCUT2D eigenvalue weighted by molar-refractivity contribution is -0.125. The number of rotatable bonds is 14. The maximum atomic E-state index is 13.4. The van der Waals surface area contributed by atoms with Crippen LogP contribution < -0.4 is 15.5 Å². The molecular weight excluding hydrogens is 604 g/mol. The van der Waals surface area contributed by atoms with Gasteiger partial charge in [0.15, 0.2) is 5.65 Å². The molecule has 0 aromatic carbocycles. The van der Waals surface area contributed by atoms with Gasteiger partial charge in [-0.1, -0.05) is 0 Å². The summed E-state index contributed by atoms with van der Waals surface area (Å²) < 4.78 is 12.4. The van der Waals surface area contributed by atoms with E-state index in [-0.39, 0.29) is 49.4 Å². The summed E-state index contributed by atoms with van der Waals surface area (Å²) in [7, 11) is 1.59. The van der Waals surface area contributed by atoms with Crippen molar-refractivity contribution >= 4 is 40.8 Å². The van der Waals surface area contributed by atoms with E-state index in [0.717, 1.165) is 24.1 Å². The Labute approximate surface area is 270 Å². The summed E-state index contributed by atoms with van der Waals surface area (Å²) in [4.78, 5) is 64.0. The Kier molecular flexibility index (Phi) is 8.47.